The molecular weight excluding hydrogens is 561 g/mol. The smallest absolute Gasteiger partial charge is 0.369 e. The number of imidazole rings is 1. The normalized spacial score (nSPS) is 22.9. The van der Waals surface area contributed by atoms with E-state index in [0.717, 1.165) is 24.3 Å². The lowest BCUT2D eigenvalue weighted by Crippen LogP contribution is -2.25. The zero-order valence-electron chi connectivity index (χ0n) is 18.5. The maximum absolute atomic E-state index is 14.6. The van der Waals surface area contributed by atoms with Gasteiger partial charge in [-0.2, -0.15) is 13.8 Å². The third-order valence-corrected chi connectivity index (χ3v) is 11.7. The molecule has 2 heterocycles. The number of aromatic amines is 1. The monoisotopic (exact) mass is 581 g/mol. The highest BCUT2D eigenvalue weighted by atomic mass is 31.3. The van der Waals surface area contributed by atoms with Crippen LogP contribution in [-0.2, 0) is 22.7 Å². The third-order valence-electron chi connectivity index (χ3n) is 5.33. The Balaban J connectivity index is 1.42. The lowest BCUT2D eigenvalue weighted by molar-refractivity contribution is 0.0970. The largest absolute Gasteiger partial charge is 0.422 e. The number of ether oxygens (including phenoxy) is 1. The maximum Gasteiger partial charge on any atom is 0.422 e. The van der Waals surface area contributed by atoms with Gasteiger partial charge < -0.3 is 29.7 Å². The van der Waals surface area contributed by atoms with Gasteiger partial charge in [0.15, 0.2) is 11.2 Å². The SMILES string of the molecule is Nc1nc2c(ncn2[C@@H]2C=C[C@H](OCP(=O)(O)OP(=O)(O)C(F)(F)P(=O)(O)c3ccccc3)C2)c(=O)[nH]1. The van der Waals surface area contributed by atoms with Crippen LogP contribution in [0.1, 0.15) is 12.5 Å². The predicted octanol–water partition coefficient (Wildman–Crippen LogP) is 2.08. The minimum atomic E-state index is -6.48. The number of hydrogen-bond donors (Lipinski definition) is 5. The van der Waals surface area contributed by atoms with E-state index < -0.39 is 57.3 Å². The number of nitrogens with one attached hydrogen (secondary N) is 1. The van der Waals surface area contributed by atoms with Crippen LogP contribution in [0.5, 0.6) is 0 Å². The molecular formula is C18H20F2N5O9P3. The van der Waals surface area contributed by atoms with Crippen molar-refractivity contribution in [1.29, 1.82) is 0 Å². The average Bonchev–Trinajstić information content (AvgIpc) is 3.44. The highest BCUT2D eigenvalue weighted by Crippen LogP contribution is 2.78. The van der Waals surface area contributed by atoms with E-state index in [0.29, 0.717) is 0 Å². The summed E-state index contributed by atoms with van der Waals surface area (Å²) in [6.07, 6.45) is 2.34. The van der Waals surface area contributed by atoms with E-state index >= 15 is 0 Å². The molecule has 1 aliphatic carbocycles. The van der Waals surface area contributed by atoms with Crippen LogP contribution >= 0.6 is 22.6 Å². The van der Waals surface area contributed by atoms with Gasteiger partial charge in [0.05, 0.1) is 18.5 Å². The average molecular weight is 581 g/mol. The summed E-state index contributed by atoms with van der Waals surface area (Å²) in [4.78, 5) is 51.9. The molecule has 19 heteroatoms. The number of rotatable bonds is 9. The molecule has 200 valence electrons. The molecule has 6 N–H and O–H groups in total. The Morgan fingerprint density at radius 2 is 1.84 bits per heavy atom. The van der Waals surface area contributed by atoms with Crippen molar-refractivity contribution in [3.05, 3.63) is 59.2 Å². The molecule has 0 fully saturated rings. The summed E-state index contributed by atoms with van der Waals surface area (Å²) in [7, 11) is -17.7. The first kappa shape index (κ1) is 27.5. The number of nitrogens with two attached hydrogens (primary N) is 1. The van der Waals surface area contributed by atoms with Crippen LogP contribution in [0.3, 0.4) is 0 Å². The van der Waals surface area contributed by atoms with Gasteiger partial charge in [0, 0.05) is 11.7 Å². The second-order valence-corrected chi connectivity index (χ2v) is 14.3. The molecule has 0 radical (unpaired) electrons. The van der Waals surface area contributed by atoms with Crippen molar-refractivity contribution in [1.82, 2.24) is 19.5 Å². The lowest BCUT2D eigenvalue weighted by Gasteiger charge is -2.27. The fourth-order valence-electron chi connectivity index (χ4n) is 3.56. The van der Waals surface area contributed by atoms with Gasteiger partial charge in [-0.15, -0.1) is 0 Å². The summed E-state index contributed by atoms with van der Waals surface area (Å²) in [6.45, 7) is 0. The minimum Gasteiger partial charge on any atom is -0.369 e. The molecule has 3 aromatic rings. The van der Waals surface area contributed by atoms with Gasteiger partial charge in [0.1, 0.15) is 6.35 Å². The van der Waals surface area contributed by atoms with Crippen molar-refractivity contribution in [2.24, 2.45) is 0 Å². The molecule has 0 bridgehead atoms. The number of H-pyrrole nitrogens is 1. The van der Waals surface area contributed by atoms with Gasteiger partial charge in [-0.1, -0.05) is 30.4 Å². The zero-order valence-corrected chi connectivity index (χ0v) is 21.2. The molecule has 0 amide bonds. The molecule has 1 aliphatic rings. The van der Waals surface area contributed by atoms with Crippen molar-refractivity contribution >= 4 is 45.0 Å². The number of benzene rings is 1. The lowest BCUT2D eigenvalue weighted by atomic mass is 10.2. The molecule has 0 saturated carbocycles. The molecule has 37 heavy (non-hydrogen) atoms. The predicted molar refractivity (Wildman–Crippen MR) is 127 cm³/mol. The number of alkyl halides is 2. The van der Waals surface area contributed by atoms with Crippen LogP contribution in [0.25, 0.3) is 11.2 Å². The summed E-state index contributed by atoms with van der Waals surface area (Å²) in [5.41, 5.74) is 5.20. The second kappa shape index (κ2) is 9.64. The molecule has 1 aromatic carbocycles. The molecule has 0 spiro atoms. The van der Waals surface area contributed by atoms with Crippen LogP contribution in [0, 0.1) is 0 Å². The third kappa shape index (κ3) is 5.25. The Morgan fingerprint density at radius 3 is 2.51 bits per heavy atom. The number of halogens is 2. The summed E-state index contributed by atoms with van der Waals surface area (Å²) in [6, 6.07) is 4.85. The number of anilines is 1. The quantitative estimate of drug-likeness (QED) is 0.181. The van der Waals surface area contributed by atoms with E-state index in [-0.39, 0.29) is 23.5 Å². The number of hydrogen-bond acceptors (Lipinski definition) is 9. The van der Waals surface area contributed by atoms with Gasteiger partial charge >= 0.3 is 28.0 Å². The maximum atomic E-state index is 14.6. The topological polar surface area (TPSA) is 220 Å². The van der Waals surface area contributed by atoms with Crippen LogP contribution in [0.4, 0.5) is 14.7 Å². The molecule has 4 rings (SSSR count). The highest BCUT2D eigenvalue weighted by molar-refractivity contribution is 7.81. The van der Waals surface area contributed by atoms with Gasteiger partial charge in [-0.05, 0) is 12.1 Å². The van der Waals surface area contributed by atoms with Crippen LogP contribution in [-0.4, -0.2) is 52.1 Å². The van der Waals surface area contributed by atoms with Crippen molar-refractivity contribution in [2.45, 2.75) is 24.0 Å². The van der Waals surface area contributed by atoms with Gasteiger partial charge in [0.2, 0.25) is 5.95 Å². The van der Waals surface area contributed by atoms with Crippen molar-refractivity contribution in [3.63, 3.8) is 0 Å². The van der Waals surface area contributed by atoms with E-state index in [4.69, 9.17) is 10.5 Å². The first-order valence-corrected chi connectivity index (χ1v) is 15.3. The Hall–Kier alpha value is -2.54. The molecule has 0 aliphatic heterocycles. The van der Waals surface area contributed by atoms with Crippen LogP contribution in [0.15, 0.2) is 53.6 Å². The fraction of sp³-hybridized carbons (Fsp3) is 0.278. The van der Waals surface area contributed by atoms with Crippen molar-refractivity contribution < 1.29 is 46.2 Å². The summed E-state index contributed by atoms with van der Waals surface area (Å²) >= 11 is 0. The first-order valence-electron chi connectivity index (χ1n) is 10.3. The zero-order chi connectivity index (χ0) is 27.2. The number of nitrogen functional groups attached to an aromatic ring is 1. The molecule has 5 atom stereocenters. The van der Waals surface area contributed by atoms with Crippen molar-refractivity contribution in [3.8, 4) is 0 Å². The Morgan fingerprint density at radius 1 is 1.16 bits per heavy atom. The van der Waals surface area contributed by atoms with E-state index in [2.05, 4.69) is 19.3 Å². The number of nitrogens with zero attached hydrogens (tertiary/aromatic N) is 3. The van der Waals surface area contributed by atoms with E-state index in [9.17, 15) is 42.0 Å². The number of aromatic nitrogens is 4. The van der Waals surface area contributed by atoms with Crippen molar-refractivity contribution in [2.75, 3.05) is 12.1 Å². The highest BCUT2D eigenvalue weighted by Gasteiger charge is 2.67. The summed E-state index contributed by atoms with van der Waals surface area (Å²) in [5, 5.41) is -6.15. The molecule has 14 nitrogen and oxygen atoms in total. The molecule has 0 saturated heterocycles. The molecule has 3 unspecified atom stereocenters. The van der Waals surface area contributed by atoms with E-state index in [1.165, 1.54) is 23.0 Å². The van der Waals surface area contributed by atoms with Crippen LogP contribution in [0.2, 0.25) is 0 Å². The van der Waals surface area contributed by atoms with Gasteiger partial charge in [-0.3, -0.25) is 23.5 Å². The number of fused-ring (bicyclic) bond motifs is 1. The first-order chi connectivity index (χ1) is 17.1. The van der Waals surface area contributed by atoms with Gasteiger partial charge in [0.25, 0.3) is 5.56 Å². The minimum absolute atomic E-state index is 0.0246. The summed E-state index contributed by atoms with van der Waals surface area (Å²) < 4.78 is 76.9. The van der Waals surface area contributed by atoms with Crippen LogP contribution < -0.4 is 16.6 Å². The van der Waals surface area contributed by atoms with Gasteiger partial charge in [-0.25, -0.2) is 9.29 Å². The number of allylic oxidation sites excluding steroid dienone is 1. The summed E-state index contributed by atoms with van der Waals surface area (Å²) in [5.74, 6) is -0.141. The van der Waals surface area contributed by atoms with E-state index in [1.807, 2.05) is 0 Å². The fourth-order valence-corrected chi connectivity index (χ4v) is 8.83. The Labute approximate surface area is 206 Å². The van der Waals surface area contributed by atoms with E-state index in [1.54, 1.807) is 6.08 Å². The second-order valence-electron chi connectivity index (χ2n) is 7.96. The molecule has 2 aromatic heterocycles. The standard InChI is InChI=1S/C18H20F2N5O9P3/c19-18(20,36(29,30)13-4-2-1-3-5-13)37(31,32)34-35(27,28)10-33-12-7-6-11(8-12)25-9-22-14-15(25)23-17(21)24-16(14)26/h1-7,9,11-12H,8,10H2,(H,27,28)(H,29,30)(H,31,32)(H3,21,23,24,26)/t11-,12+/m1/s1. The Kier molecular flexibility index (Phi) is 7.17. The Bertz CT molecular complexity index is 1560.